The van der Waals surface area contributed by atoms with Crippen molar-refractivity contribution in [2.45, 2.75) is 53.4 Å². The molecule has 0 aliphatic heterocycles. The molecule has 0 aromatic rings. The van der Waals surface area contributed by atoms with Crippen molar-refractivity contribution in [1.29, 1.82) is 0 Å². The van der Waals surface area contributed by atoms with Crippen LogP contribution in [0.3, 0.4) is 0 Å². The van der Waals surface area contributed by atoms with E-state index in [0.29, 0.717) is 18.9 Å². The second kappa shape index (κ2) is 5.38. The van der Waals surface area contributed by atoms with E-state index in [1.807, 2.05) is 0 Å². The maximum Gasteiger partial charge on any atom is 0.220 e. The Morgan fingerprint density at radius 1 is 1.41 bits per heavy atom. The van der Waals surface area contributed by atoms with Gasteiger partial charge in [0.1, 0.15) is 0 Å². The van der Waals surface area contributed by atoms with Gasteiger partial charge in [-0.3, -0.25) is 4.79 Å². The van der Waals surface area contributed by atoms with Gasteiger partial charge >= 0.3 is 0 Å². The van der Waals surface area contributed by atoms with Crippen molar-refractivity contribution >= 4 is 5.91 Å². The summed E-state index contributed by atoms with van der Waals surface area (Å²) in [5.74, 6) is 0.735. The lowest BCUT2D eigenvalue weighted by Crippen LogP contribution is -2.44. The summed E-state index contributed by atoms with van der Waals surface area (Å²) < 4.78 is 0. The van der Waals surface area contributed by atoms with Gasteiger partial charge in [0.2, 0.25) is 5.91 Å². The van der Waals surface area contributed by atoms with Crippen LogP contribution < -0.4 is 11.1 Å². The first kappa shape index (κ1) is 14.5. The molecule has 0 atom stereocenters. The summed E-state index contributed by atoms with van der Waals surface area (Å²) in [6, 6.07) is 0. The van der Waals surface area contributed by atoms with Gasteiger partial charge in [-0.1, -0.05) is 34.1 Å². The first-order chi connectivity index (χ1) is 7.81. The Balaban J connectivity index is 2.35. The van der Waals surface area contributed by atoms with E-state index in [1.165, 1.54) is 6.42 Å². The minimum Gasteiger partial charge on any atom is -0.356 e. The number of hydrogen-bond acceptors (Lipinski definition) is 2. The van der Waals surface area contributed by atoms with Crippen molar-refractivity contribution in [2.24, 2.45) is 22.5 Å². The monoisotopic (exact) mass is 240 g/mol. The summed E-state index contributed by atoms with van der Waals surface area (Å²) in [5.41, 5.74) is 6.04. The van der Waals surface area contributed by atoms with E-state index < -0.39 is 0 Å². The van der Waals surface area contributed by atoms with E-state index in [2.05, 4.69) is 33.0 Å². The molecular weight excluding hydrogens is 212 g/mol. The molecule has 0 unspecified atom stereocenters. The van der Waals surface area contributed by atoms with E-state index >= 15 is 0 Å². The van der Waals surface area contributed by atoms with Crippen molar-refractivity contribution in [3.63, 3.8) is 0 Å². The molecule has 1 rings (SSSR count). The summed E-state index contributed by atoms with van der Waals surface area (Å²) in [7, 11) is 0. The third-order valence-electron chi connectivity index (χ3n) is 4.69. The lowest BCUT2D eigenvalue weighted by Gasteiger charge is -2.40. The number of nitrogens with one attached hydrogen (secondary N) is 1. The van der Waals surface area contributed by atoms with Crippen molar-refractivity contribution in [2.75, 3.05) is 13.1 Å². The fourth-order valence-corrected chi connectivity index (χ4v) is 2.06. The average Bonchev–Trinajstić information content (AvgIpc) is 2.20. The molecule has 1 aliphatic carbocycles. The summed E-state index contributed by atoms with van der Waals surface area (Å²) in [4.78, 5) is 11.9. The molecule has 0 spiro atoms. The maximum atomic E-state index is 11.9. The fourth-order valence-electron chi connectivity index (χ4n) is 2.06. The van der Waals surface area contributed by atoms with Crippen LogP contribution in [0.1, 0.15) is 53.4 Å². The normalized spacial score (nSPS) is 18.9. The van der Waals surface area contributed by atoms with Crippen molar-refractivity contribution in [3.05, 3.63) is 0 Å². The number of hydrogen-bond donors (Lipinski definition) is 2. The predicted molar refractivity (Wildman–Crippen MR) is 71.6 cm³/mol. The zero-order valence-corrected chi connectivity index (χ0v) is 11.8. The Hall–Kier alpha value is -0.570. The molecule has 1 fully saturated rings. The van der Waals surface area contributed by atoms with Crippen LogP contribution in [0.5, 0.6) is 0 Å². The molecule has 3 heteroatoms. The van der Waals surface area contributed by atoms with E-state index in [0.717, 1.165) is 19.4 Å². The Labute approximate surface area is 106 Å². The second-order valence-electron chi connectivity index (χ2n) is 6.65. The van der Waals surface area contributed by atoms with Gasteiger partial charge in [0.25, 0.3) is 0 Å². The third-order valence-corrected chi connectivity index (χ3v) is 4.69. The van der Waals surface area contributed by atoms with E-state index in [-0.39, 0.29) is 16.7 Å². The molecule has 0 aromatic carbocycles. The highest BCUT2D eigenvalue weighted by Gasteiger charge is 2.37. The minimum absolute atomic E-state index is 0.117. The lowest BCUT2D eigenvalue weighted by molar-refractivity contribution is -0.125. The quantitative estimate of drug-likeness (QED) is 0.748. The van der Waals surface area contributed by atoms with Crippen LogP contribution in [0, 0.1) is 16.7 Å². The highest BCUT2D eigenvalue weighted by molar-refractivity contribution is 5.76. The molecule has 0 radical (unpaired) electrons. The number of carbonyl (C=O) groups excluding carboxylic acids is 1. The Kier molecular flexibility index (Phi) is 4.59. The van der Waals surface area contributed by atoms with E-state index in [9.17, 15) is 4.79 Å². The number of nitrogens with two attached hydrogens (primary N) is 1. The SMILES string of the molecule is CC(C)C(C)(C)CNC(=O)CC1(CN)CCC1. The number of rotatable bonds is 6. The molecule has 0 saturated heterocycles. The molecule has 100 valence electrons. The van der Waals surface area contributed by atoms with Crippen LogP contribution in [0.15, 0.2) is 0 Å². The van der Waals surface area contributed by atoms with E-state index in [1.54, 1.807) is 0 Å². The average molecular weight is 240 g/mol. The van der Waals surface area contributed by atoms with Crippen molar-refractivity contribution in [1.82, 2.24) is 5.32 Å². The van der Waals surface area contributed by atoms with E-state index in [4.69, 9.17) is 5.73 Å². The van der Waals surface area contributed by atoms with Gasteiger partial charge in [0.15, 0.2) is 0 Å². The molecule has 3 N–H and O–H groups in total. The van der Waals surface area contributed by atoms with Gasteiger partial charge < -0.3 is 11.1 Å². The van der Waals surface area contributed by atoms with Gasteiger partial charge in [-0.05, 0) is 36.1 Å². The minimum atomic E-state index is 0.117. The lowest BCUT2D eigenvalue weighted by atomic mass is 9.66. The molecule has 0 heterocycles. The van der Waals surface area contributed by atoms with Gasteiger partial charge in [0, 0.05) is 13.0 Å². The van der Waals surface area contributed by atoms with Crippen LogP contribution in [-0.2, 0) is 4.79 Å². The first-order valence-corrected chi connectivity index (χ1v) is 6.78. The standard InChI is InChI=1S/C14H28N2O/c1-11(2)13(3,4)10-16-12(17)8-14(9-15)6-5-7-14/h11H,5-10,15H2,1-4H3,(H,16,17). The Morgan fingerprint density at radius 2 is 2.00 bits per heavy atom. The van der Waals surface area contributed by atoms with Crippen molar-refractivity contribution in [3.8, 4) is 0 Å². The molecule has 17 heavy (non-hydrogen) atoms. The Bertz CT molecular complexity index is 262. The third kappa shape index (κ3) is 3.70. The highest BCUT2D eigenvalue weighted by Crippen LogP contribution is 2.42. The second-order valence-corrected chi connectivity index (χ2v) is 6.65. The predicted octanol–water partition coefficient (Wildman–Crippen LogP) is 2.30. The fraction of sp³-hybridized carbons (Fsp3) is 0.929. The zero-order chi connectivity index (χ0) is 13.1. The number of amides is 1. The molecule has 0 bridgehead atoms. The molecule has 1 aliphatic rings. The maximum absolute atomic E-state index is 11.9. The zero-order valence-electron chi connectivity index (χ0n) is 11.8. The smallest absolute Gasteiger partial charge is 0.220 e. The van der Waals surface area contributed by atoms with Crippen LogP contribution >= 0.6 is 0 Å². The summed E-state index contributed by atoms with van der Waals surface area (Å²) >= 11 is 0. The first-order valence-electron chi connectivity index (χ1n) is 6.78. The molecule has 1 saturated carbocycles. The molecule has 3 nitrogen and oxygen atoms in total. The van der Waals surface area contributed by atoms with Crippen LogP contribution in [0.25, 0.3) is 0 Å². The largest absolute Gasteiger partial charge is 0.356 e. The summed E-state index contributed by atoms with van der Waals surface area (Å²) in [6.45, 7) is 10.2. The van der Waals surface area contributed by atoms with Gasteiger partial charge in [-0.25, -0.2) is 0 Å². The topological polar surface area (TPSA) is 55.1 Å². The molecule has 0 aromatic heterocycles. The van der Waals surface area contributed by atoms with Gasteiger partial charge in [-0.2, -0.15) is 0 Å². The van der Waals surface area contributed by atoms with Crippen LogP contribution in [0.2, 0.25) is 0 Å². The highest BCUT2D eigenvalue weighted by atomic mass is 16.1. The number of carbonyl (C=O) groups is 1. The van der Waals surface area contributed by atoms with Crippen molar-refractivity contribution < 1.29 is 4.79 Å². The Morgan fingerprint density at radius 3 is 2.35 bits per heavy atom. The summed E-state index contributed by atoms with van der Waals surface area (Å²) in [6.07, 6.45) is 4.06. The van der Waals surface area contributed by atoms with Crippen LogP contribution in [0.4, 0.5) is 0 Å². The van der Waals surface area contributed by atoms with Gasteiger partial charge in [-0.15, -0.1) is 0 Å². The molecular formula is C14H28N2O. The molecule has 1 amide bonds. The van der Waals surface area contributed by atoms with Gasteiger partial charge in [0.05, 0.1) is 0 Å². The summed E-state index contributed by atoms with van der Waals surface area (Å²) in [5, 5.41) is 3.07. The van der Waals surface area contributed by atoms with Crippen LogP contribution in [-0.4, -0.2) is 19.0 Å².